The van der Waals surface area contributed by atoms with Crippen molar-refractivity contribution in [2.75, 3.05) is 6.61 Å². The number of esters is 1. The molecule has 0 bridgehead atoms. The number of rotatable bonds is 4. The summed E-state index contributed by atoms with van der Waals surface area (Å²) in [6.07, 6.45) is 0. The van der Waals surface area contributed by atoms with Crippen molar-refractivity contribution in [3.05, 3.63) is 70.0 Å². The fraction of sp³-hybridized carbons (Fsp3) is 0.176. The maximum atomic E-state index is 13.0. The first-order chi connectivity index (χ1) is 11.1. The van der Waals surface area contributed by atoms with E-state index in [-0.39, 0.29) is 19.0 Å². The van der Waals surface area contributed by atoms with Crippen LogP contribution in [0.1, 0.15) is 22.8 Å². The molecule has 0 aliphatic heterocycles. The maximum absolute atomic E-state index is 13.0. The molecule has 0 atom stereocenters. The summed E-state index contributed by atoms with van der Waals surface area (Å²) in [4.78, 5) is 23.8. The van der Waals surface area contributed by atoms with E-state index in [0.717, 1.165) is 5.56 Å². The van der Waals surface area contributed by atoms with Gasteiger partial charge in [-0.2, -0.15) is 0 Å². The molecule has 0 radical (unpaired) electrons. The molecular formula is C17H14FNO4. The van der Waals surface area contributed by atoms with Crippen LogP contribution in [0.15, 0.2) is 51.7 Å². The van der Waals surface area contributed by atoms with Gasteiger partial charge in [-0.3, -0.25) is 4.57 Å². The normalized spacial score (nSPS) is 10.9. The zero-order chi connectivity index (χ0) is 16.4. The van der Waals surface area contributed by atoms with Crippen LogP contribution in [0.4, 0.5) is 4.39 Å². The molecule has 0 N–H and O–H groups in total. The summed E-state index contributed by atoms with van der Waals surface area (Å²) >= 11 is 0. The van der Waals surface area contributed by atoms with Crippen LogP contribution in [0, 0.1) is 5.82 Å². The highest BCUT2D eigenvalue weighted by Gasteiger charge is 2.14. The summed E-state index contributed by atoms with van der Waals surface area (Å²) in [7, 11) is 0. The lowest BCUT2D eigenvalue weighted by Crippen LogP contribution is -2.15. The molecule has 0 saturated heterocycles. The number of aromatic nitrogens is 1. The Morgan fingerprint density at radius 3 is 2.65 bits per heavy atom. The smallest absolute Gasteiger partial charge is 0.420 e. The fourth-order valence-corrected chi connectivity index (χ4v) is 2.33. The van der Waals surface area contributed by atoms with Gasteiger partial charge in [-0.25, -0.2) is 14.0 Å². The van der Waals surface area contributed by atoms with Gasteiger partial charge in [-0.15, -0.1) is 0 Å². The Balaban J connectivity index is 2.03. The molecule has 0 spiro atoms. The van der Waals surface area contributed by atoms with Crippen LogP contribution in [-0.2, 0) is 11.3 Å². The summed E-state index contributed by atoms with van der Waals surface area (Å²) in [5, 5.41) is 0. The Morgan fingerprint density at radius 2 is 1.96 bits per heavy atom. The minimum Gasteiger partial charge on any atom is -0.462 e. The van der Waals surface area contributed by atoms with E-state index < -0.39 is 11.7 Å². The van der Waals surface area contributed by atoms with Gasteiger partial charge in [0.15, 0.2) is 5.58 Å². The number of benzene rings is 2. The van der Waals surface area contributed by atoms with Crippen molar-refractivity contribution in [1.29, 1.82) is 0 Å². The highest BCUT2D eigenvalue weighted by molar-refractivity contribution is 5.93. The average molecular weight is 315 g/mol. The van der Waals surface area contributed by atoms with Gasteiger partial charge in [0, 0.05) is 0 Å². The zero-order valence-corrected chi connectivity index (χ0v) is 12.4. The molecule has 118 valence electrons. The second-order valence-electron chi connectivity index (χ2n) is 4.98. The van der Waals surface area contributed by atoms with Crippen molar-refractivity contribution in [2.45, 2.75) is 13.5 Å². The van der Waals surface area contributed by atoms with Gasteiger partial charge in [-0.1, -0.05) is 12.1 Å². The van der Waals surface area contributed by atoms with Gasteiger partial charge >= 0.3 is 11.7 Å². The SMILES string of the molecule is CCOC(=O)c1ccc2oc(=O)n(Cc3ccc(F)cc3)c2c1. The maximum Gasteiger partial charge on any atom is 0.420 e. The topological polar surface area (TPSA) is 61.4 Å². The van der Waals surface area contributed by atoms with E-state index in [9.17, 15) is 14.0 Å². The van der Waals surface area contributed by atoms with Gasteiger partial charge in [0.25, 0.3) is 0 Å². The summed E-state index contributed by atoms with van der Waals surface area (Å²) in [6, 6.07) is 10.5. The number of ether oxygens (including phenoxy) is 1. The second kappa shape index (κ2) is 6.08. The standard InChI is InChI=1S/C17H14FNO4/c1-2-22-16(20)12-5-8-15-14(9-12)19(17(21)23-15)10-11-3-6-13(18)7-4-11/h3-9H,2,10H2,1H3. The first-order valence-corrected chi connectivity index (χ1v) is 7.13. The van der Waals surface area contributed by atoms with Crippen molar-refractivity contribution in [2.24, 2.45) is 0 Å². The van der Waals surface area contributed by atoms with Crippen LogP contribution in [0.5, 0.6) is 0 Å². The first kappa shape index (κ1) is 15.0. The lowest BCUT2D eigenvalue weighted by molar-refractivity contribution is 0.0526. The van der Waals surface area contributed by atoms with Crippen LogP contribution in [0.3, 0.4) is 0 Å². The molecule has 5 nitrogen and oxygen atoms in total. The van der Waals surface area contributed by atoms with Crippen molar-refractivity contribution >= 4 is 17.1 Å². The number of carbonyl (C=O) groups is 1. The summed E-state index contributed by atoms with van der Waals surface area (Å²) < 4.78 is 24.5. The number of hydrogen-bond acceptors (Lipinski definition) is 4. The van der Waals surface area contributed by atoms with E-state index in [1.807, 2.05) is 0 Å². The van der Waals surface area contributed by atoms with Crippen molar-refractivity contribution in [3.8, 4) is 0 Å². The molecule has 1 heterocycles. The lowest BCUT2D eigenvalue weighted by Gasteiger charge is -2.04. The number of oxazole rings is 1. The Morgan fingerprint density at radius 1 is 1.22 bits per heavy atom. The monoisotopic (exact) mass is 315 g/mol. The van der Waals surface area contributed by atoms with Crippen LogP contribution in [0.25, 0.3) is 11.1 Å². The molecule has 0 saturated carbocycles. The quantitative estimate of drug-likeness (QED) is 0.695. The Hall–Kier alpha value is -2.89. The minimum absolute atomic E-state index is 0.221. The van der Waals surface area contributed by atoms with E-state index in [0.29, 0.717) is 16.7 Å². The molecule has 1 aromatic heterocycles. The molecule has 0 fully saturated rings. The van der Waals surface area contributed by atoms with Gasteiger partial charge in [0.2, 0.25) is 0 Å². The van der Waals surface area contributed by atoms with E-state index in [4.69, 9.17) is 9.15 Å². The minimum atomic E-state index is -0.537. The average Bonchev–Trinajstić information content (AvgIpc) is 2.85. The molecule has 3 aromatic rings. The second-order valence-corrected chi connectivity index (χ2v) is 4.98. The third-order valence-corrected chi connectivity index (χ3v) is 3.43. The third kappa shape index (κ3) is 3.01. The fourth-order valence-electron chi connectivity index (χ4n) is 2.33. The molecule has 23 heavy (non-hydrogen) atoms. The van der Waals surface area contributed by atoms with Crippen molar-refractivity contribution in [3.63, 3.8) is 0 Å². The van der Waals surface area contributed by atoms with Gasteiger partial charge in [-0.05, 0) is 42.8 Å². The number of fused-ring (bicyclic) bond motifs is 1. The third-order valence-electron chi connectivity index (χ3n) is 3.43. The van der Waals surface area contributed by atoms with Crippen LogP contribution < -0.4 is 5.76 Å². The number of hydrogen-bond donors (Lipinski definition) is 0. The summed E-state index contributed by atoms with van der Waals surface area (Å²) in [5.74, 6) is -1.34. The first-order valence-electron chi connectivity index (χ1n) is 7.13. The molecule has 6 heteroatoms. The van der Waals surface area contributed by atoms with Crippen molar-refractivity contribution < 1.29 is 18.3 Å². The lowest BCUT2D eigenvalue weighted by atomic mass is 10.2. The van der Waals surface area contributed by atoms with Crippen LogP contribution >= 0.6 is 0 Å². The molecular weight excluding hydrogens is 301 g/mol. The van der Waals surface area contributed by atoms with Crippen LogP contribution in [0.2, 0.25) is 0 Å². The summed E-state index contributed by atoms with van der Waals surface area (Å²) in [6.45, 7) is 2.21. The number of carbonyl (C=O) groups excluding carboxylic acids is 1. The van der Waals surface area contributed by atoms with Gasteiger partial charge < -0.3 is 9.15 Å². The zero-order valence-electron chi connectivity index (χ0n) is 12.4. The Bertz CT molecular complexity index is 908. The number of nitrogens with zero attached hydrogens (tertiary/aromatic N) is 1. The highest BCUT2D eigenvalue weighted by Crippen LogP contribution is 2.17. The van der Waals surface area contributed by atoms with Gasteiger partial charge in [0.05, 0.1) is 24.2 Å². The van der Waals surface area contributed by atoms with E-state index in [1.165, 1.54) is 16.7 Å². The molecule has 0 aliphatic carbocycles. The molecule has 2 aromatic carbocycles. The molecule has 0 aliphatic rings. The Kier molecular flexibility index (Phi) is 3.97. The molecule has 0 unspecified atom stereocenters. The molecule has 0 amide bonds. The number of halogens is 1. The predicted octanol–water partition coefficient (Wildman–Crippen LogP) is 2.96. The van der Waals surface area contributed by atoms with E-state index in [1.54, 1.807) is 37.3 Å². The Labute approximate surface area is 130 Å². The van der Waals surface area contributed by atoms with E-state index >= 15 is 0 Å². The van der Waals surface area contributed by atoms with Gasteiger partial charge in [0.1, 0.15) is 5.82 Å². The van der Waals surface area contributed by atoms with Crippen molar-refractivity contribution in [1.82, 2.24) is 4.57 Å². The summed E-state index contributed by atoms with van der Waals surface area (Å²) in [5.41, 5.74) is 1.96. The molecule has 3 rings (SSSR count). The largest absolute Gasteiger partial charge is 0.462 e. The highest BCUT2D eigenvalue weighted by atomic mass is 19.1. The van der Waals surface area contributed by atoms with Crippen LogP contribution in [-0.4, -0.2) is 17.1 Å². The van der Waals surface area contributed by atoms with E-state index in [2.05, 4.69) is 0 Å². The predicted molar refractivity (Wildman–Crippen MR) is 81.9 cm³/mol.